The average Bonchev–Trinajstić information content (AvgIpc) is 2.56. The zero-order valence-corrected chi connectivity index (χ0v) is 14.0. The van der Waals surface area contributed by atoms with Crippen LogP contribution in [0.15, 0.2) is 42.5 Å². The number of nitro benzene ring substituents is 1. The fourth-order valence-corrected chi connectivity index (χ4v) is 2.10. The summed E-state index contributed by atoms with van der Waals surface area (Å²) in [6, 6.07) is 7.56. The van der Waals surface area contributed by atoms with Crippen LogP contribution in [0.4, 0.5) is 24.5 Å². The molecule has 2 aromatic carbocycles. The standard InChI is InChI=1S/C16H12ClF3N2O4/c1-9(26-12-5-3-11(4-6-12)22(24)25)15(23)21-14-8-10(16(18,19)20)2-7-13(14)17/h2-9H,1H3,(H,21,23). The van der Waals surface area contributed by atoms with Crippen LogP contribution in [0.2, 0.25) is 5.02 Å². The van der Waals surface area contributed by atoms with Crippen molar-refractivity contribution in [2.24, 2.45) is 0 Å². The number of nitrogens with zero attached hydrogens (tertiary/aromatic N) is 1. The highest BCUT2D eigenvalue weighted by atomic mass is 35.5. The third-order valence-corrected chi connectivity index (χ3v) is 3.61. The van der Waals surface area contributed by atoms with Gasteiger partial charge in [-0.2, -0.15) is 13.2 Å². The molecule has 0 aliphatic heterocycles. The number of halogens is 4. The molecule has 0 bridgehead atoms. The maximum atomic E-state index is 12.7. The first-order valence-electron chi connectivity index (χ1n) is 7.16. The average molecular weight is 389 g/mol. The maximum Gasteiger partial charge on any atom is 0.416 e. The number of amides is 1. The Morgan fingerprint density at radius 2 is 1.85 bits per heavy atom. The van der Waals surface area contributed by atoms with Gasteiger partial charge >= 0.3 is 6.18 Å². The van der Waals surface area contributed by atoms with Crippen LogP contribution in [-0.4, -0.2) is 16.9 Å². The number of alkyl halides is 3. The summed E-state index contributed by atoms with van der Waals surface area (Å²) in [6.45, 7) is 1.37. The van der Waals surface area contributed by atoms with Crippen molar-refractivity contribution in [1.29, 1.82) is 0 Å². The minimum absolute atomic E-state index is 0.0612. The molecule has 0 saturated heterocycles. The third kappa shape index (κ3) is 4.85. The van der Waals surface area contributed by atoms with Crippen molar-refractivity contribution in [2.45, 2.75) is 19.2 Å². The molecule has 1 amide bonds. The molecule has 0 spiro atoms. The molecule has 1 N–H and O–H groups in total. The van der Waals surface area contributed by atoms with Crippen molar-refractivity contribution >= 4 is 28.9 Å². The number of hydrogen-bond acceptors (Lipinski definition) is 4. The normalized spacial score (nSPS) is 12.3. The van der Waals surface area contributed by atoms with Gasteiger partial charge in [-0.15, -0.1) is 0 Å². The van der Waals surface area contributed by atoms with Gasteiger partial charge in [0.1, 0.15) is 5.75 Å². The smallest absolute Gasteiger partial charge is 0.416 e. The number of ether oxygens (including phenoxy) is 1. The van der Waals surface area contributed by atoms with E-state index in [0.29, 0.717) is 0 Å². The van der Waals surface area contributed by atoms with Crippen molar-refractivity contribution in [1.82, 2.24) is 0 Å². The monoisotopic (exact) mass is 388 g/mol. The predicted molar refractivity (Wildman–Crippen MR) is 88.3 cm³/mol. The van der Waals surface area contributed by atoms with E-state index >= 15 is 0 Å². The second-order valence-electron chi connectivity index (χ2n) is 5.19. The summed E-state index contributed by atoms with van der Waals surface area (Å²) >= 11 is 5.82. The number of hydrogen-bond donors (Lipinski definition) is 1. The van der Waals surface area contributed by atoms with E-state index in [-0.39, 0.29) is 22.1 Å². The van der Waals surface area contributed by atoms with Gasteiger partial charge in [-0.25, -0.2) is 0 Å². The fourth-order valence-electron chi connectivity index (χ4n) is 1.94. The summed E-state index contributed by atoms with van der Waals surface area (Å²) in [5.41, 5.74) is -1.31. The first-order chi connectivity index (χ1) is 12.1. The number of rotatable bonds is 5. The molecule has 0 fully saturated rings. The molecular weight excluding hydrogens is 377 g/mol. The van der Waals surface area contributed by atoms with Gasteiger partial charge in [0.2, 0.25) is 0 Å². The molecule has 2 aromatic rings. The van der Waals surface area contributed by atoms with Crippen LogP contribution in [0.5, 0.6) is 5.75 Å². The van der Waals surface area contributed by atoms with Gasteiger partial charge in [0.15, 0.2) is 6.10 Å². The van der Waals surface area contributed by atoms with Gasteiger partial charge in [0, 0.05) is 12.1 Å². The van der Waals surface area contributed by atoms with Gasteiger partial charge in [-0.05, 0) is 37.3 Å². The van der Waals surface area contributed by atoms with E-state index in [2.05, 4.69) is 5.32 Å². The first kappa shape index (κ1) is 19.5. The topological polar surface area (TPSA) is 81.5 Å². The number of carbonyl (C=O) groups excluding carboxylic acids is 1. The Morgan fingerprint density at radius 1 is 1.23 bits per heavy atom. The van der Waals surface area contributed by atoms with Crippen LogP contribution in [0.3, 0.4) is 0 Å². The number of nitrogens with one attached hydrogen (secondary N) is 1. The van der Waals surface area contributed by atoms with Crippen molar-refractivity contribution in [3.63, 3.8) is 0 Å². The zero-order valence-electron chi connectivity index (χ0n) is 13.2. The number of nitro groups is 1. The number of anilines is 1. The molecule has 1 unspecified atom stereocenters. The summed E-state index contributed by atoms with van der Waals surface area (Å²) in [6.07, 6.45) is -5.66. The minimum atomic E-state index is -4.58. The highest BCUT2D eigenvalue weighted by molar-refractivity contribution is 6.33. The molecule has 0 heterocycles. The lowest BCUT2D eigenvalue weighted by atomic mass is 10.2. The summed E-state index contributed by atoms with van der Waals surface area (Å²) in [5, 5.41) is 12.8. The molecule has 6 nitrogen and oxygen atoms in total. The lowest BCUT2D eigenvalue weighted by Gasteiger charge is -2.16. The Balaban J connectivity index is 2.08. The lowest BCUT2D eigenvalue weighted by Crippen LogP contribution is -2.30. The quantitative estimate of drug-likeness (QED) is 0.596. The van der Waals surface area contributed by atoms with E-state index in [1.807, 2.05) is 0 Å². The molecule has 0 radical (unpaired) electrons. The molecule has 138 valence electrons. The minimum Gasteiger partial charge on any atom is -0.481 e. The largest absolute Gasteiger partial charge is 0.481 e. The van der Waals surface area contributed by atoms with Crippen LogP contribution >= 0.6 is 11.6 Å². The van der Waals surface area contributed by atoms with Crippen molar-refractivity contribution in [2.75, 3.05) is 5.32 Å². The van der Waals surface area contributed by atoms with E-state index < -0.39 is 28.7 Å². The molecule has 10 heteroatoms. The summed E-state index contributed by atoms with van der Waals surface area (Å²) in [5.74, 6) is -0.544. The molecule has 26 heavy (non-hydrogen) atoms. The Labute approximate surface area is 150 Å². The van der Waals surface area contributed by atoms with Gasteiger partial charge < -0.3 is 10.1 Å². The SMILES string of the molecule is CC(Oc1ccc([N+](=O)[O-])cc1)C(=O)Nc1cc(C(F)(F)F)ccc1Cl. The molecule has 0 aromatic heterocycles. The molecule has 0 aliphatic rings. The van der Waals surface area contributed by atoms with Crippen molar-refractivity contribution < 1.29 is 27.6 Å². The van der Waals surface area contributed by atoms with Gasteiger partial charge in [-0.1, -0.05) is 11.6 Å². The lowest BCUT2D eigenvalue weighted by molar-refractivity contribution is -0.384. The highest BCUT2D eigenvalue weighted by Gasteiger charge is 2.31. The second-order valence-corrected chi connectivity index (χ2v) is 5.60. The van der Waals surface area contributed by atoms with E-state index in [4.69, 9.17) is 16.3 Å². The van der Waals surface area contributed by atoms with E-state index in [0.717, 1.165) is 18.2 Å². The van der Waals surface area contributed by atoms with E-state index in [1.165, 1.54) is 31.2 Å². The van der Waals surface area contributed by atoms with E-state index in [9.17, 15) is 28.1 Å². The summed E-state index contributed by atoms with van der Waals surface area (Å²) < 4.78 is 43.6. The third-order valence-electron chi connectivity index (χ3n) is 3.28. The molecule has 2 rings (SSSR count). The summed E-state index contributed by atoms with van der Waals surface area (Å²) in [7, 11) is 0. The van der Waals surface area contributed by atoms with Crippen LogP contribution in [-0.2, 0) is 11.0 Å². The number of non-ortho nitro benzene ring substituents is 1. The van der Waals surface area contributed by atoms with Crippen molar-refractivity contribution in [3.8, 4) is 5.75 Å². The van der Waals surface area contributed by atoms with Crippen LogP contribution in [0.25, 0.3) is 0 Å². The fraction of sp³-hybridized carbons (Fsp3) is 0.188. The highest BCUT2D eigenvalue weighted by Crippen LogP contribution is 2.34. The second kappa shape index (κ2) is 7.61. The van der Waals surface area contributed by atoms with Crippen molar-refractivity contribution in [3.05, 3.63) is 63.2 Å². The van der Waals surface area contributed by atoms with Crippen LogP contribution < -0.4 is 10.1 Å². The van der Waals surface area contributed by atoms with Crippen LogP contribution in [0, 0.1) is 10.1 Å². The maximum absolute atomic E-state index is 12.7. The van der Waals surface area contributed by atoms with Crippen LogP contribution in [0.1, 0.15) is 12.5 Å². The molecule has 0 saturated carbocycles. The predicted octanol–water partition coefficient (Wildman–Crippen LogP) is 4.67. The number of carbonyl (C=O) groups is 1. The number of benzene rings is 2. The van der Waals surface area contributed by atoms with Gasteiger partial charge in [0.05, 0.1) is 21.2 Å². The summed E-state index contributed by atoms with van der Waals surface area (Å²) in [4.78, 5) is 22.1. The Bertz CT molecular complexity index is 825. The van der Waals surface area contributed by atoms with Gasteiger partial charge in [0.25, 0.3) is 11.6 Å². The van der Waals surface area contributed by atoms with Gasteiger partial charge in [-0.3, -0.25) is 14.9 Å². The zero-order chi connectivity index (χ0) is 19.5. The Hall–Kier alpha value is -2.81. The Morgan fingerprint density at radius 3 is 2.38 bits per heavy atom. The first-order valence-corrected chi connectivity index (χ1v) is 7.54. The van der Waals surface area contributed by atoms with E-state index in [1.54, 1.807) is 0 Å². The molecule has 1 atom stereocenters. The molecular formula is C16H12ClF3N2O4. The molecule has 0 aliphatic carbocycles. The Kier molecular flexibility index (Phi) is 5.71.